The van der Waals surface area contributed by atoms with Crippen LogP contribution in [0.3, 0.4) is 0 Å². The summed E-state index contributed by atoms with van der Waals surface area (Å²) in [5.41, 5.74) is 0. The molecular weight excluding hydrogens is 393 g/mol. The van der Waals surface area contributed by atoms with Crippen molar-refractivity contribution in [2.75, 3.05) is 26.2 Å². The number of nitrogens with one attached hydrogen (secondary N) is 1. The third-order valence-corrected chi connectivity index (χ3v) is 4.41. The number of benzene rings is 1. The van der Waals surface area contributed by atoms with Gasteiger partial charge in [-0.25, -0.2) is 0 Å². The zero-order valence-corrected chi connectivity index (χ0v) is 16.1. The Labute approximate surface area is 150 Å². The highest BCUT2D eigenvalue weighted by Gasteiger charge is 2.15. The van der Waals surface area contributed by atoms with E-state index in [-0.39, 0.29) is 24.0 Å². The quantitative estimate of drug-likeness (QED) is 0.340. The number of aliphatic imine (C=N–C) groups is 1. The summed E-state index contributed by atoms with van der Waals surface area (Å²) in [7, 11) is 0. The largest absolute Gasteiger partial charge is 0.357 e. The summed E-state index contributed by atoms with van der Waals surface area (Å²) in [6, 6.07) is 10.6. The van der Waals surface area contributed by atoms with E-state index in [9.17, 15) is 0 Å². The number of likely N-dealkylation sites (tertiary alicyclic amines) is 1. The molecule has 1 aliphatic rings. The molecule has 1 aliphatic heterocycles. The van der Waals surface area contributed by atoms with Crippen LogP contribution in [0.2, 0.25) is 0 Å². The molecule has 1 fully saturated rings. The summed E-state index contributed by atoms with van der Waals surface area (Å²) in [4.78, 5) is 8.50. The van der Waals surface area contributed by atoms with Crippen LogP contribution in [0.1, 0.15) is 26.7 Å². The lowest BCUT2D eigenvalue weighted by molar-refractivity contribution is 0.494. The molecule has 1 aromatic rings. The van der Waals surface area contributed by atoms with Crippen molar-refractivity contribution in [3.63, 3.8) is 0 Å². The summed E-state index contributed by atoms with van der Waals surface area (Å²) in [6.07, 6.45) is 2.58. The van der Waals surface area contributed by atoms with Gasteiger partial charge in [-0.2, -0.15) is 0 Å². The van der Waals surface area contributed by atoms with Gasteiger partial charge in [0.05, 0.1) is 6.54 Å². The van der Waals surface area contributed by atoms with Crippen LogP contribution < -0.4 is 5.32 Å². The Hall–Kier alpha value is -0.430. The zero-order chi connectivity index (χ0) is 14.2. The Morgan fingerprint density at radius 3 is 2.57 bits per heavy atom. The number of guanidine groups is 1. The topological polar surface area (TPSA) is 27.6 Å². The molecule has 1 unspecified atom stereocenters. The maximum absolute atomic E-state index is 4.80. The molecule has 118 valence electrons. The molecule has 0 bridgehead atoms. The zero-order valence-electron chi connectivity index (χ0n) is 12.9. The van der Waals surface area contributed by atoms with Crippen molar-refractivity contribution >= 4 is 41.7 Å². The molecule has 1 atom stereocenters. The van der Waals surface area contributed by atoms with E-state index in [0.717, 1.165) is 32.1 Å². The molecule has 0 aromatic heterocycles. The standard InChI is InChI=1S/C16H25N3S.HI/c1-3-17-16(19-11-7-8-12-19)18-13-14(2)20-15-9-5-4-6-10-15;/h4-6,9-10,14H,3,7-8,11-13H2,1-2H3,(H,17,18);1H. The van der Waals surface area contributed by atoms with Gasteiger partial charge in [-0.3, -0.25) is 4.99 Å². The van der Waals surface area contributed by atoms with Gasteiger partial charge in [0.15, 0.2) is 5.96 Å². The van der Waals surface area contributed by atoms with Crippen LogP contribution in [-0.4, -0.2) is 42.3 Å². The molecule has 5 heteroatoms. The summed E-state index contributed by atoms with van der Waals surface area (Å²) >= 11 is 1.89. The van der Waals surface area contributed by atoms with Crippen molar-refractivity contribution < 1.29 is 0 Å². The second-order valence-electron chi connectivity index (χ2n) is 5.13. The Kier molecular flexibility index (Phi) is 9.15. The highest BCUT2D eigenvalue weighted by Crippen LogP contribution is 2.22. The van der Waals surface area contributed by atoms with Crippen molar-refractivity contribution in [2.24, 2.45) is 4.99 Å². The molecule has 2 rings (SSSR count). The molecule has 1 aromatic carbocycles. The molecule has 1 saturated heterocycles. The van der Waals surface area contributed by atoms with E-state index in [4.69, 9.17) is 4.99 Å². The van der Waals surface area contributed by atoms with E-state index in [2.05, 4.69) is 54.4 Å². The highest BCUT2D eigenvalue weighted by molar-refractivity contribution is 14.0. The Morgan fingerprint density at radius 2 is 1.95 bits per heavy atom. The fourth-order valence-corrected chi connectivity index (χ4v) is 3.27. The van der Waals surface area contributed by atoms with Crippen LogP contribution in [-0.2, 0) is 0 Å². The maximum Gasteiger partial charge on any atom is 0.193 e. The molecule has 1 N–H and O–H groups in total. The van der Waals surface area contributed by atoms with Gasteiger partial charge < -0.3 is 10.2 Å². The molecule has 0 amide bonds. The lowest BCUT2D eigenvalue weighted by atomic mass is 10.4. The van der Waals surface area contributed by atoms with Crippen LogP contribution >= 0.6 is 35.7 Å². The summed E-state index contributed by atoms with van der Waals surface area (Å²) in [6.45, 7) is 8.47. The molecule has 3 nitrogen and oxygen atoms in total. The number of halogens is 1. The molecule has 21 heavy (non-hydrogen) atoms. The van der Waals surface area contributed by atoms with Crippen LogP contribution in [0, 0.1) is 0 Å². The molecule has 0 saturated carbocycles. The first kappa shape index (κ1) is 18.6. The predicted octanol–water partition coefficient (Wildman–Crippen LogP) is 3.85. The summed E-state index contributed by atoms with van der Waals surface area (Å²) in [5, 5.41) is 3.90. The van der Waals surface area contributed by atoms with Crippen LogP contribution in [0.4, 0.5) is 0 Å². The van der Waals surface area contributed by atoms with Gasteiger partial charge in [-0.05, 0) is 31.9 Å². The fourth-order valence-electron chi connectivity index (χ4n) is 2.34. The fraction of sp³-hybridized carbons (Fsp3) is 0.562. The SMILES string of the molecule is CCNC(=NCC(C)Sc1ccccc1)N1CCCC1.I. The van der Waals surface area contributed by atoms with E-state index in [1.165, 1.54) is 17.7 Å². The van der Waals surface area contributed by atoms with E-state index in [1.807, 2.05) is 11.8 Å². The molecule has 0 spiro atoms. The second-order valence-corrected chi connectivity index (χ2v) is 6.64. The van der Waals surface area contributed by atoms with Gasteiger partial charge in [0.1, 0.15) is 0 Å². The first-order valence-electron chi connectivity index (χ1n) is 7.54. The van der Waals surface area contributed by atoms with E-state index < -0.39 is 0 Å². The van der Waals surface area contributed by atoms with Gasteiger partial charge in [0.25, 0.3) is 0 Å². The second kappa shape index (κ2) is 10.3. The molecule has 0 radical (unpaired) electrons. The highest BCUT2D eigenvalue weighted by atomic mass is 127. The van der Waals surface area contributed by atoms with Gasteiger partial charge >= 0.3 is 0 Å². The lowest BCUT2D eigenvalue weighted by Crippen LogP contribution is -2.39. The van der Waals surface area contributed by atoms with Crippen molar-refractivity contribution in [3.8, 4) is 0 Å². The molecule has 1 heterocycles. The summed E-state index contributed by atoms with van der Waals surface area (Å²) in [5.74, 6) is 1.09. The number of nitrogens with zero attached hydrogens (tertiary/aromatic N) is 2. The van der Waals surface area contributed by atoms with Crippen LogP contribution in [0.15, 0.2) is 40.2 Å². The van der Waals surface area contributed by atoms with Crippen LogP contribution in [0.5, 0.6) is 0 Å². The predicted molar refractivity (Wildman–Crippen MR) is 104 cm³/mol. The minimum absolute atomic E-state index is 0. The third kappa shape index (κ3) is 6.46. The monoisotopic (exact) mass is 419 g/mol. The minimum Gasteiger partial charge on any atom is -0.357 e. The van der Waals surface area contributed by atoms with Gasteiger partial charge in [0.2, 0.25) is 0 Å². The molecule has 0 aliphatic carbocycles. The van der Waals surface area contributed by atoms with Crippen molar-refractivity contribution in [3.05, 3.63) is 30.3 Å². The minimum atomic E-state index is 0. The Bertz CT molecular complexity index is 419. The normalized spacial score (nSPS) is 16.5. The Balaban J connectivity index is 0.00000220. The summed E-state index contributed by atoms with van der Waals surface area (Å²) < 4.78 is 0. The van der Waals surface area contributed by atoms with E-state index in [1.54, 1.807) is 0 Å². The number of hydrogen-bond donors (Lipinski definition) is 1. The number of rotatable bonds is 5. The van der Waals surface area contributed by atoms with E-state index >= 15 is 0 Å². The van der Waals surface area contributed by atoms with Crippen LogP contribution in [0.25, 0.3) is 0 Å². The third-order valence-electron chi connectivity index (χ3n) is 3.32. The van der Waals surface area contributed by atoms with Crippen molar-refractivity contribution in [1.29, 1.82) is 0 Å². The van der Waals surface area contributed by atoms with Gasteiger partial charge in [-0.1, -0.05) is 25.1 Å². The van der Waals surface area contributed by atoms with E-state index in [0.29, 0.717) is 5.25 Å². The average molecular weight is 419 g/mol. The van der Waals surface area contributed by atoms with Gasteiger partial charge in [-0.15, -0.1) is 35.7 Å². The maximum atomic E-state index is 4.80. The number of hydrogen-bond acceptors (Lipinski definition) is 2. The lowest BCUT2D eigenvalue weighted by Gasteiger charge is -2.21. The first-order chi connectivity index (χ1) is 9.79. The molecular formula is C16H26IN3S. The van der Waals surface area contributed by atoms with Gasteiger partial charge in [0, 0.05) is 29.8 Å². The Morgan fingerprint density at radius 1 is 1.29 bits per heavy atom. The average Bonchev–Trinajstić information content (AvgIpc) is 2.98. The smallest absolute Gasteiger partial charge is 0.193 e. The first-order valence-corrected chi connectivity index (χ1v) is 8.42. The van der Waals surface area contributed by atoms with Crippen molar-refractivity contribution in [2.45, 2.75) is 36.8 Å². The van der Waals surface area contributed by atoms with Crippen molar-refractivity contribution in [1.82, 2.24) is 10.2 Å². The number of thioether (sulfide) groups is 1.